The van der Waals surface area contributed by atoms with Gasteiger partial charge in [0.2, 0.25) is 0 Å². The van der Waals surface area contributed by atoms with Crippen molar-refractivity contribution in [2.45, 2.75) is 123 Å². The van der Waals surface area contributed by atoms with Gasteiger partial charge in [0.1, 0.15) is 18.2 Å². The normalized spacial score (nSPS) is 13.9. The Morgan fingerprint density at radius 3 is 2.10 bits per heavy atom. The number of nitrogens with zero attached hydrogens (tertiary/aromatic N) is 5. The summed E-state index contributed by atoms with van der Waals surface area (Å²) in [5.74, 6) is 0.295. The summed E-state index contributed by atoms with van der Waals surface area (Å²) in [6.45, 7) is 5.76. The maximum atomic E-state index is 12.6. The quantitative estimate of drug-likeness (QED) is 0.0672. The summed E-state index contributed by atoms with van der Waals surface area (Å²) >= 11 is 0. The van der Waals surface area contributed by atoms with E-state index in [-0.39, 0.29) is 19.1 Å². The van der Waals surface area contributed by atoms with Gasteiger partial charge >= 0.3 is 7.52 Å². The lowest BCUT2D eigenvalue weighted by molar-refractivity contribution is 0.0773. The lowest BCUT2D eigenvalue weighted by Crippen LogP contribution is -2.17. The number of hydrogen-bond donors (Lipinski definition) is 1. The van der Waals surface area contributed by atoms with E-state index in [1.807, 2.05) is 0 Å². The van der Waals surface area contributed by atoms with Crippen LogP contribution in [0.1, 0.15) is 110 Å². The van der Waals surface area contributed by atoms with Crippen LogP contribution in [0.15, 0.2) is 17.6 Å². The topological polar surface area (TPSA) is 144 Å². The van der Waals surface area contributed by atoms with Crippen LogP contribution in [0.5, 0.6) is 0 Å². The number of nitrogen functional groups attached to an aromatic ring is 1. The van der Waals surface area contributed by atoms with E-state index < -0.39 is 7.52 Å². The zero-order chi connectivity index (χ0) is 28.9. The molecule has 12 heteroatoms. The fourth-order valence-electron chi connectivity index (χ4n) is 4.54. The van der Waals surface area contributed by atoms with Crippen molar-refractivity contribution in [1.82, 2.24) is 19.5 Å². The van der Waals surface area contributed by atoms with Crippen LogP contribution in [0.2, 0.25) is 0 Å². The van der Waals surface area contributed by atoms with Crippen molar-refractivity contribution in [3.8, 4) is 0 Å². The highest BCUT2D eigenvalue weighted by Crippen LogP contribution is 2.48. The summed E-state index contributed by atoms with van der Waals surface area (Å²) in [5, 5.41) is 0. The Hall–Kier alpha value is -1.94. The standard InChI is InChI=1S/C28H51N6O5P/c1-3-4-5-6-7-8-9-10-11-12-13-14-15-16-18-37-19-17-20-39-40(36,33-35)24-38-25(2)21-34-23-32-26-27(29)30-22-31-28(26)34/h22-23,25H,3-21,24H2,1-2H3,(H2,29,30,31)/t25-,40?/m1/s1. The molecule has 2 N–H and O–H groups in total. The van der Waals surface area contributed by atoms with Crippen LogP contribution < -0.4 is 5.73 Å². The van der Waals surface area contributed by atoms with Gasteiger partial charge in [-0.05, 0) is 19.8 Å². The van der Waals surface area contributed by atoms with Crippen molar-refractivity contribution in [3.05, 3.63) is 17.6 Å². The first kappa shape index (κ1) is 34.3. The van der Waals surface area contributed by atoms with E-state index in [2.05, 4.69) is 26.8 Å². The van der Waals surface area contributed by atoms with E-state index in [4.69, 9.17) is 19.7 Å². The minimum absolute atomic E-state index is 0.127. The molecule has 228 valence electrons. The lowest BCUT2D eigenvalue weighted by Gasteiger charge is -2.16. The Morgan fingerprint density at radius 1 is 0.875 bits per heavy atom. The van der Waals surface area contributed by atoms with Gasteiger partial charge < -0.3 is 24.3 Å². The van der Waals surface area contributed by atoms with Crippen molar-refractivity contribution in [3.63, 3.8) is 0 Å². The molecule has 0 spiro atoms. The second-order valence-electron chi connectivity index (χ2n) is 10.5. The van der Waals surface area contributed by atoms with Crippen molar-refractivity contribution in [2.24, 2.45) is 4.95 Å². The molecule has 11 nitrogen and oxygen atoms in total. The Kier molecular flexibility index (Phi) is 17.9. The molecule has 2 rings (SSSR count). The Bertz CT molecular complexity index is 991. The maximum Gasteiger partial charge on any atom is 0.377 e. The molecule has 0 aliphatic carbocycles. The monoisotopic (exact) mass is 582 g/mol. The summed E-state index contributed by atoms with van der Waals surface area (Å²) < 4.78 is 30.9. The molecule has 0 aliphatic rings. The molecule has 1 unspecified atom stereocenters. The minimum Gasteiger partial charge on any atom is -0.382 e. The van der Waals surface area contributed by atoms with Gasteiger partial charge in [0, 0.05) is 18.2 Å². The maximum absolute atomic E-state index is 12.6. The fraction of sp³-hybridized carbons (Fsp3) is 0.821. The van der Waals surface area contributed by atoms with E-state index in [1.54, 1.807) is 17.8 Å². The number of rotatable bonds is 26. The van der Waals surface area contributed by atoms with E-state index in [1.165, 1.54) is 89.8 Å². The molecule has 0 amide bonds. The molecular formula is C28H51N6O5P. The molecule has 2 aromatic rings. The first-order valence-electron chi connectivity index (χ1n) is 15.2. The molecule has 0 saturated carbocycles. The molecule has 2 atom stereocenters. The largest absolute Gasteiger partial charge is 0.382 e. The number of hydrogen-bond acceptors (Lipinski definition) is 9. The molecular weight excluding hydrogens is 531 g/mol. The van der Waals surface area contributed by atoms with Gasteiger partial charge in [0.15, 0.2) is 11.5 Å². The highest BCUT2D eigenvalue weighted by Gasteiger charge is 2.26. The van der Waals surface area contributed by atoms with Crippen LogP contribution in [0.25, 0.3) is 11.2 Å². The molecule has 40 heavy (non-hydrogen) atoms. The smallest absolute Gasteiger partial charge is 0.377 e. The zero-order valence-corrected chi connectivity index (χ0v) is 25.6. The molecule has 2 aromatic heterocycles. The Morgan fingerprint density at radius 2 is 1.48 bits per heavy atom. The number of unbranched alkanes of at least 4 members (excludes halogenated alkanes) is 13. The number of nitroso groups, excluding NO2 is 1. The second kappa shape index (κ2) is 20.9. The molecule has 0 aromatic carbocycles. The third-order valence-corrected chi connectivity index (χ3v) is 8.21. The predicted molar refractivity (Wildman–Crippen MR) is 160 cm³/mol. The van der Waals surface area contributed by atoms with Crippen LogP contribution in [0.3, 0.4) is 0 Å². The third kappa shape index (κ3) is 14.1. The average Bonchev–Trinajstić information content (AvgIpc) is 3.37. The van der Waals surface area contributed by atoms with Gasteiger partial charge in [-0.15, -0.1) is 4.91 Å². The summed E-state index contributed by atoms with van der Waals surface area (Å²) in [6, 6.07) is 0. The van der Waals surface area contributed by atoms with E-state index >= 15 is 0 Å². The van der Waals surface area contributed by atoms with Crippen LogP contribution in [-0.2, 0) is 25.1 Å². The summed E-state index contributed by atoms with van der Waals surface area (Å²) in [4.78, 5) is 26.2. The van der Waals surface area contributed by atoms with Crippen molar-refractivity contribution >= 4 is 24.5 Å². The average molecular weight is 583 g/mol. The Balaban J connectivity index is 1.42. The highest BCUT2D eigenvalue weighted by atomic mass is 31.2. The molecule has 0 radical (unpaired) electrons. The van der Waals surface area contributed by atoms with Gasteiger partial charge in [-0.25, -0.2) is 15.0 Å². The first-order chi connectivity index (χ1) is 19.5. The van der Waals surface area contributed by atoms with Crippen LogP contribution in [0.4, 0.5) is 5.82 Å². The SMILES string of the molecule is CCCCCCCCCCCCCCCCOCCCOP(=O)(CO[C@H](C)Cn1cnc2c(N)ncnc21)N=O. The van der Waals surface area contributed by atoms with E-state index in [0.717, 1.165) is 6.42 Å². The number of fused-ring (bicyclic) bond motifs is 1. The van der Waals surface area contributed by atoms with Crippen LogP contribution in [0, 0.1) is 4.91 Å². The first-order valence-corrected chi connectivity index (χ1v) is 16.9. The molecule has 2 heterocycles. The number of ether oxygens (including phenoxy) is 2. The second-order valence-corrected chi connectivity index (χ2v) is 12.5. The summed E-state index contributed by atoms with van der Waals surface area (Å²) in [7, 11) is -3.77. The summed E-state index contributed by atoms with van der Waals surface area (Å²) in [6.07, 6.45) is 21.3. The molecule has 0 fully saturated rings. The number of anilines is 1. The van der Waals surface area contributed by atoms with Crippen LogP contribution in [-0.4, -0.2) is 51.8 Å². The van der Waals surface area contributed by atoms with Gasteiger partial charge in [-0.3, -0.25) is 4.57 Å². The number of aromatic nitrogens is 4. The fourth-order valence-corrected chi connectivity index (χ4v) is 5.56. The molecule has 0 saturated heterocycles. The van der Waals surface area contributed by atoms with Gasteiger partial charge in [0.25, 0.3) is 0 Å². The number of imidazole rings is 1. The van der Waals surface area contributed by atoms with Crippen molar-refractivity contribution in [1.29, 1.82) is 0 Å². The lowest BCUT2D eigenvalue weighted by atomic mass is 10.0. The third-order valence-electron chi connectivity index (χ3n) is 6.90. The minimum atomic E-state index is -3.77. The molecule has 0 bridgehead atoms. The zero-order valence-electron chi connectivity index (χ0n) is 24.7. The number of nitrogens with two attached hydrogens (primary N) is 1. The van der Waals surface area contributed by atoms with Crippen LogP contribution >= 0.6 is 7.52 Å². The highest BCUT2D eigenvalue weighted by molar-refractivity contribution is 7.57. The molecule has 0 aliphatic heterocycles. The van der Waals surface area contributed by atoms with E-state index in [9.17, 15) is 9.47 Å². The Labute approximate surface area is 239 Å². The predicted octanol–water partition coefficient (Wildman–Crippen LogP) is 7.64. The van der Waals surface area contributed by atoms with Crippen molar-refractivity contribution in [2.75, 3.05) is 31.9 Å². The van der Waals surface area contributed by atoms with Gasteiger partial charge in [-0.1, -0.05) is 90.4 Å². The summed E-state index contributed by atoms with van der Waals surface area (Å²) in [5.41, 5.74) is 6.89. The van der Waals surface area contributed by atoms with Gasteiger partial charge in [0.05, 0.1) is 25.6 Å². The van der Waals surface area contributed by atoms with Crippen molar-refractivity contribution < 1.29 is 18.6 Å². The van der Waals surface area contributed by atoms with Gasteiger partial charge in [-0.2, -0.15) is 0 Å². The van der Waals surface area contributed by atoms with E-state index in [0.29, 0.717) is 43.2 Å².